The number of hydrogen-bond donors (Lipinski definition) is 2. The summed E-state index contributed by atoms with van der Waals surface area (Å²) in [6.07, 6.45) is -0.592. The number of methoxy groups -OCH3 is 2. The molecule has 4 nitrogen and oxygen atoms in total. The van der Waals surface area contributed by atoms with Crippen molar-refractivity contribution in [3.8, 4) is 11.5 Å². The van der Waals surface area contributed by atoms with Gasteiger partial charge in [0.1, 0.15) is 5.75 Å². The molecular formula is C16H18FNO3. The predicted octanol–water partition coefficient (Wildman–Crippen LogP) is 2.70. The molecule has 0 saturated carbocycles. The Morgan fingerprint density at radius 2 is 1.86 bits per heavy atom. The molecule has 0 radical (unpaired) electrons. The molecule has 5 heteroatoms. The van der Waals surface area contributed by atoms with E-state index in [0.29, 0.717) is 22.6 Å². The lowest BCUT2D eigenvalue weighted by atomic mass is 9.99. The van der Waals surface area contributed by atoms with E-state index in [9.17, 15) is 9.50 Å². The molecule has 2 aromatic carbocycles. The van der Waals surface area contributed by atoms with Crippen LogP contribution in [0.25, 0.3) is 0 Å². The first kappa shape index (κ1) is 15.1. The summed E-state index contributed by atoms with van der Waals surface area (Å²) in [7, 11) is 2.92. The summed E-state index contributed by atoms with van der Waals surface area (Å²) in [6, 6.07) is 9.79. The van der Waals surface area contributed by atoms with Crippen molar-refractivity contribution in [1.29, 1.82) is 0 Å². The lowest BCUT2D eigenvalue weighted by Crippen LogP contribution is -2.07. The first-order valence-corrected chi connectivity index (χ1v) is 6.49. The summed E-state index contributed by atoms with van der Waals surface area (Å²) in [5, 5.41) is 10.3. The molecule has 0 fully saturated rings. The fraction of sp³-hybridized carbons (Fsp3) is 0.250. The fourth-order valence-corrected chi connectivity index (χ4v) is 2.20. The summed E-state index contributed by atoms with van der Waals surface area (Å²) in [5.74, 6) is 0.224. The minimum absolute atomic E-state index is 0.175. The Labute approximate surface area is 122 Å². The molecular weight excluding hydrogens is 273 g/mol. The number of halogens is 1. The first-order valence-electron chi connectivity index (χ1n) is 6.49. The molecule has 0 spiro atoms. The largest absolute Gasteiger partial charge is 0.495 e. The molecule has 0 amide bonds. The first-order chi connectivity index (χ1) is 10.1. The average Bonchev–Trinajstić information content (AvgIpc) is 2.47. The number of para-hydroxylation sites is 1. The molecule has 0 aliphatic rings. The van der Waals surface area contributed by atoms with E-state index in [1.165, 1.54) is 26.4 Å². The van der Waals surface area contributed by atoms with Gasteiger partial charge < -0.3 is 20.3 Å². The maximum atomic E-state index is 13.6. The second kappa shape index (κ2) is 6.45. The lowest BCUT2D eigenvalue weighted by Gasteiger charge is -2.16. The van der Waals surface area contributed by atoms with Crippen molar-refractivity contribution in [3.63, 3.8) is 0 Å². The van der Waals surface area contributed by atoms with Crippen molar-refractivity contribution in [2.24, 2.45) is 0 Å². The number of aliphatic hydroxyl groups excluding tert-OH is 1. The Hall–Kier alpha value is -2.27. The van der Waals surface area contributed by atoms with E-state index in [2.05, 4.69) is 0 Å². The molecule has 1 unspecified atom stereocenters. The van der Waals surface area contributed by atoms with Gasteiger partial charge in [0.15, 0.2) is 11.6 Å². The molecule has 21 heavy (non-hydrogen) atoms. The summed E-state index contributed by atoms with van der Waals surface area (Å²) in [5.41, 5.74) is 7.55. The third-order valence-electron chi connectivity index (χ3n) is 3.32. The number of benzene rings is 2. The van der Waals surface area contributed by atoms with Gasteiger partial charge in [-0.25, -0.2) is 4.39 Å². The minimum atomic E-state index is -0.840. The molecule has 0 saturated heterocycles. The minimum Gasteiger partial charge on any atom is -0.495 e. The maximum Gasteiger partial charge on any atom is 0.165 e. The highest BCUT2D eigenvalue weighted by atomic mass is 19.1. The van der Waals surface area contributed by atoms with Crippen LogP contribution in [-0.2, 0) is 6.42 Å². The van der Waals surface area contributed by atoms with Crippen LogP contribution in [0.2, 0.25) is 0 Å². The van der Waals surface area contributed by atoms with Crippen LogP contribution in [0, 0.1) is 5.82 Å². The van der Waals surface area contributed by atoms with Gasteiger partial charge in [-0.15, -0.1) is 0 Å². The Balaban J connectivity index is 2.22. The summed E-state index contributed by atoms with van der Waals surface area (Å²) >= 11 is 0. The van der Waals surface area contributed by atoms with Crippen molar-refractivity contribution in [3.05, 3.63) is 53.3 Å². The van der Waals surface area contributed by atoms with E-state index in [1.807, 2.05) is 0 Å². The van der Waals surface area contributed by atoms with Crippen LogP contribution >= 0.6 is 0 Å². The lowest BCUT2D eigenvalue weighted by molar-refractivity contribution is 0.178. The van der Waals surface area contributed by atoms with Crippen molar-refractivity contribution in [1.82, 2.24) is 0 Å². The van der Waals surface area contributed by atoms with E-state index in [4.69, 9.17) is 15.2 Å². The maximum absolute atomic E-state index is 13.6. The average molecular weight is 291 g/mol. The normalized spacial score (nSPS) is 12.0. The summed E-state index contributed by atoms with van der Waals surface area (Å²) in [6.45, 7) is 0. The zero-order valence-corrected chi connectivity index (χ0v) is 12.0. The zero-order chi connectivity index (χ0) is 15.4. The van der Waals surface area contributed by atoms with E-state index >= 15 is 0 Å². The van der Waals surface area contributed by atoms with Gasteiger partial charge in [0.25, 0.3) is 0 Å². The van der Waals surface area contributed by atoms with Gasteiger partial charge in [-0.2, -0.15) is 0 Å². The van der Waals surface area contributed by atoms with Crippen molar-refractivity contribution >= 4 is 5.69 Å². The Morgan fingerprint density at radius 3 is 2.48 bits per heavy atom. The molecule has 2 aromatic rings. The molecule has 0 bridgehead atoms. The number of rotatable bonds is 5. The van der Waals surface area contributed by atoms with Crippen molar-refractivity contribution < 1.29 is 19.0 Å². The van der Waals surface area contributed by atoms with E-state index in [-0.39, 0.29) is 12.2 Å². The van der Waals surface area contributed by atoms with Crippen LogP contribution in [0.1, 0.15) is 17.2 Å². The fourth-order valence-electron chi connectivity index (χ4n) is 2.20. The number of ether oxygens (including phenoxy) is 2. The standard InChI is InChI=1S/C16H18FNO3/c1-20-14-7-6-10(8-12(14)17)9-13(19)11-4-3-5-15(21-2)16(11)18/h3-8,13,19H,9,18H2,1-2H3. The van der Waals surface area contributed by atoms with Gasteiger partial charge in [0.05, 0.1) is 26.0 Å². The third kappa shape index (κ3) is 3.25. The van der Waals surface area contributed by atoms with Crippen molar-refractivity contribution in [2.45, 2.75) is 12.5 Å². The van der Waals surface area contributed by atoms with Crippen LogP contribution in [-0.4, -0.2) is 19.3 Å². The predicted molar refractivity (Wildman–Crippen MR) is 79.0 cm³/mol. The molecule has 0 aliphatic carbocycles. The highest BCUT2D eigenvalue weighted by Gasteiger charge is 2.15. The molecule has 0 aromatic heterocycles. The number of nitrogen functional groups attached to an aromatic ring is 1. The van der Waals surface area contributed by atoms with Gasteiger partial charge in [-0.3, -0.25) is 0 Å². The van der Waals surface area contributed by atoms with Gasteiger partial charge in [-0.05, 0) is 23.8 Å². The van der Waals surface area contributed by atoms with Gasteiger partial charge in [0.2, 0.25) is 0 Å². The van der Waals surface area contributed by atoms with E-state index in [1.54, 1.807) is 24.3 Å². The zero-order valence-electron chi connectivity index (χ0n) is 12.0. The highest BCUT2D eigenvalue weighted by molar-refractivity contribution is 5.59. The van der Waals surface area contributed by atoms with Crippen LogP contribution in [0.4, 0.5) is 10.1 Å². The van der Waals surface area contributed by atoms with Crippen LogP contribution in [0.3, 0.4) is 0 Å². The molecule has 2 rings (SSSR count). The Kier molecular flexibility index (Phi) is 4.65. The molecule has 0 aliphatic heterocycles. The number of hydrogen-bond acceptors (Lipinski definition) is 4. The topological polar surface area (TPSA) is 64.7 Å². The van der Waals surface area contributed by atoms with Gasteiger partial charge in [0, 0.05) is 12.0 Å². The smallest absolute Gasteiger partial charge is 0.165 e. The summed E-state index contributed by atoms with van der Waals surface area (Å²) in [4.78, 5) is 0. The molecule has 1 atom stereocenters. The van der Waals surface area contributed by atoms with Crippen LogP contribution in [0.15, 0.2) is 36.4 Å². The quantitative estimate of drug-likeness (QED) is 0.831. The Bertz CT molecular complexity index is 631. The molecule has 112 valence electrons. The monoisotopic (exact) mass is 291 g/mol. The third-order valence-corrected chi connectivity index (χ3v) is 3.32. The van der Waals surface area contributed by atoms with Gasteiger partial charge in [-0.1, -0.05) is 18.2 Å². The van der Waals surface area contributed by atoms with Crippen molar-refractivity contribution in [2.75, 3.05) is 20.0 Å². The molecule has 3 N–H and O–H groups in total. The SMILES string of the molecule is COc1ccc(CC(O)c2cccc(OC)c2N)cc1F. The van der Waals surface area contributed by atoms with Gasteiger partial charge >= 0.3 is 0 Å². The number of anilines is 1. The second-order valence-electron chi connectivity index (χ2n) is 4.65. The number of nitrogens with two attached hydrogens (primary N) is 1. The van der Waals surface area contributed by atoms with Crippen LogP contribution < -0.4 is 15.2 Å². The highest BCUT2D eigenvalue weighted by Crippen LogP contribution is 2.31. The number of aliphatic hydroxyl groups is 1. The van der Waals surface area contributed by atoms with E-state index < -0.39 is 11.9 Å². The molecule has 0 heterocycles. The second-order valence-corrected chi connectivity index (χ2v) is 4.65. The van der Waals surface area contributed by atoms with Crippen LogP contribution in [0.5, 0.6) is 11.5 Å². The Morgan fingerprint density at radius 1 is 1.14 bits per heavy atom. The summed E-state index contributed by atoms with van der Waals surface area (Å²) < 4.78 is 23.6. The van der Waals surface area contributed by atoms with E-state index in [0.717, 1.165) is 0 Å².